The topological polar surface area (TPSA) is 53.1 Å². The van der Waals surface area contributed by atoms with Gasteiger partial charge in [0, 0.05) is 11.4 Å². The lowest BCUT2D eigenvalue weighted by molar-refractivity contribution is 0.615. The predicted octanol–water partition coefficient (Wildman–Crippen LogP) is 2.22. The third-order valence-electron chi connectivity index (χ3n) is 3.32. The Kier molecular flexibility index (Phi) is 2.45. The molecule has 2 aliphatic heterocycles. The van der Waals surface area contributed by atoms with Crippen LogP contribution < -0.4 is 5.32 Å². The molecule has 4 nitrogen and oxygen atoms in total. The van der Waals surface area contributed by atoms with E-state index in [0.29, 0.717) is 12.1 Å². The van der Waals surface area contributed by atoms with Gasteiger partial charge in [0.15, 0.2) is 0 Å². The summed E-state index contributed by atoms with van der Waals surface area (Å²) in [5, 5.41) is 12.4. The van der Waals surface area contributed by atoms with Crippen molar-refractivity contribution in [3.8, 4) is 6.07 Å². The van der Waals surface area contributed by atoms with E-state index in [9.17, 15) is 5.26 Å². The van der Waals surface area contributed by atoms with Crippen LogP contribution in [-0.2, 0) is 13.1 Å². The number of fused-ring (bicyclic) bond motifs is 3. The van der Waals surface area contributed by atoms with Crippen LogP contribution in [0.5, 0.6) is 0 Å². The Morgan fingerprint density at radius 2 is 2.35 bits per heavy atom. The minimum atomic E-state index is 0.639. The number of hydrogen-bond acceptors (Lipinski definition) is 4. The molecule has 3 rings (SSSR count). The van der Waals surface area contributed by atoms with E-state index < -0.39 is 0 Å². The normalized spacial score (nSPS) is 17.7. The molecule has 0 saturated carbocycles. The third-order valence-corrected chi connectivity index (χ3v) is 3.72. The number of aliphatic imine (C=N–C) groups is 1. The Balaban J connectivity index is 2.27. The Morgan fingerprint density at radius 1 is 1.47 bits per heavy atom. The van der Waals surface area contributed by atoms with Crippen molar-refractivity contribution in [1.29, 1.82) is 5.26 Å². The minimum absolute atomic E-state index is 0.639. The van der Waals surface area contributed by atoms with E-state index in [-0.39, 0.29) is 0 Å². The van der Waals surface area contributed by atoms with Crippen molar-refractivity contribution in [1.82, 2.24) is 4.57 Å². The highest BCUT2D eigenvalue weighted by atomic mass is 32.1. The number of rotatable bonds is 0. The molecule has 0 unspecified atom stereocenters. The predicted molar refractivity (Wildman–Crippen MR) is 70.5 cm³/mol. The van der Waals surface area contributed by atoms with E-state index in [2.05, 4.69) is 20.9 Å². The zero-order valence-corrected chi connectivity index (χ0v) is 10.2. The second-order valence-corrected chi connectivity index (χ2v) is 4.80. The van der Waals surface area contributed by atoms with Crippen LogP contribution in [0, 0.1) is 11.3 Å². The summed E-state index contributed by atoms with van der Waals surface area (Å²) in [6, 6.07) is 2.29. The van der Waals surface area contributed by atoms with Gasteiger partial charge in [-0.05, 0) is 19.3 Å². The molecule has 0 aromatic carbocycles. The Hall–Kier alpha value is -1.67. The van der Waals surface area contributed by atoms with Crippen LogP contribution in [0.1, 0.15) is 36.2 Å². The molecular weight excluding hydrogens is 232 g/mol. The fourth-order valence-corrected chi connectivity index (χ4v) is 2.91. The average molecular weight is 244 g/mol. The standard InChI is InChI=1S/C12H12N4S/c13-5-8-11-9(6-14-7-15-11)16-4-2-1-3-10(17)12(8)16/h7H,1-4,6H2,(H,14,15). The van der Waals surface area contributed by atoms with Crippen molar-refractivity contribution in [3.63, 3.8) is 0 Å². The second kappa shape index (κ2) is 3.97. The lowest BCUT2D eigenvalue weighted by atomic mass is 10.1. The maximum atomic E-state index is 9.34. The van der Waals surface area contributed by atoms with Crippen LogP contribution in [0.15, 0.2) is 4.99 Å². The number of nitriles is 1. The molecule has 17 heavy (non-hydrogen) atoms. The first-order chi connectivity index (χ1) is 8.33. The highest BCUT2D eigenvalue weighted by Gasteiger charge is 2.26. The maximum Gasteiger partial charge on any atom is 0.104 e. The second-order valence-electron chi connectivity index (χ2n) is 4.30. The molecule has 5 heteroatoms. The van der Waals surface area contributed by atoms with Crippen molar-refractivity contribution in [2.75, 3.05) is 5.32 Å². The monoisotopic (exact) mass is 244 g/mol. The van der Waals surface area contributed by atoms with Crippen LogP contribution in [0.25, 0.3) is 0 Å². The summed E-state index contributed by atoms with van der Waals surface area (Å²) in [5.74, 6) is 0. The molecule has 1 aromatic rings. The largest absolute Gasteiger partial charge is 0.344 e. The number of aromatic nitrogens is 1. The molecular formula is C12H12N4S. The van der Waals surface area contributed by atoms with E-state index in [4.69, 9.17) is 12.2 Å². The van der Waals surface area contributed by atoms with Gasteiger partial charge in [0.1, 0.15) is 11.6 Å². The molecule has 86 valence electrons. The van der Waals surface area contributed by atoms with E-state index in [1.165, 1.54) is 0 Å². The lowest BCUT2D eigenvalue weighted by Crippen LogP contribution is -2.10. The fraction of sp³-hybridized carbons (Fsp3) is 0.417. The van der Waals surface area contributed by atoms with E-state index in [1.807, 2.05) is 0 Å². The molecule has 0 saturated heterocycles. The molecule has 1 aromatic heterocycles. The molecule has 0 aliphatic carbocycles. The SMILES string of the molecule is N#Cc1c2c(n3c1C(=S)CCCC3)CN=CN2. The van der Waals surface area contributed by atoms with Gasteiger partial charge in [-0.1, -0.05) is 12.2 Å². The van der Waals surface area contributed by atoms with Gasteiger partial charge in [-0.2, -0.15) is 5.26 Å². The van der Waals surface area contributed by atoms with Crippen molar-refractivity contribution < 1.29 is 0 Å². The quantitative estimate of drug-likeness (QED) is 0.712. The zero-order chi connectivity index (χ0) is 11.8. The Labute approximate surface area is 105 Å². The Bertz CT molecular complexity index is 562. The molecule has 3 heterocycles. The third kappa shape index (κ3) is 1.48. The Morgan fingerprint density at radius 3 is 3.18 bits per heavy atom. The highest BCUT2D eigenvalue weighted by Crippen LogP contribution is 2.33. The van der Waals surface area contributed by atoms with Gasteiger partial charge < -0.3 is 9.88 Å². The molecule has 0 spiro atoms. The van der Waals surface area contributed by atoms with Crippen LogP contribution in [0.3, 0.4) is 0 Å². The van der Waals surface area contributed by atoms with Gasteiger partial charge in [0.05, 0.1) is 30.0 Å². The summed E-state index contributed by atoms with van der Waals surface area (Å²) in [6.45, 7) is 1.58. The fourth-order valence-electron chi connectivity index (χ4n) is 2.55. The van der Waals surface area contributed by atoms with Crippen LogP contribution in [0.4, 0.5) is 5.69 Å². The van der Waals surface area contributed by atoms with Crippen molar-refractivity contribution in [3.05, 3.63) is 17.0 Å². The molecule has 0 atom stereocenters. The van der Waals surface area contributed by atoms with Crippen molar-refractivity contribution >= 4 is 29.1 Å². The average Bonchev–Trinajstić information content (AvgIpc) is 2.56. The summed E-state index contributed by atoms with van der Waals surface area (Å²) in [5.41, 5.74) is 3.64. The maximum absolute atomic E-state index is 9.34. The smallest absolute Gasteiger partial charge is 0.104 e. The van der Waals surface area contributed by atoms with Crippen LogP contribution in [-0.4, -0.2) is 15.8 Å². The van der Waals surface area contributed by atoms with E-state index >= 15 is 0 Å². The van der Waals surface area contributed by atoms with Gasteiger partial charge in [-0.3, -0.25) is 4.99 Å². The molecule has 0 fully saturated rings. The molecule has 0 amide bonds. The van der Waals surface area contributed by atoms with E-state index in [0.717, 1.165) is 47.7 Å². The number of nitrogens with zero attached hydrogens (tertiary/aromatic N) is 3. The number of anilines is 1. The summed E-state index contributed by atoms with van der Waals surface area (Å²) >= 11 is 5.45. The van der Waals surface area contributed by atoms with Gasteiger partial charge in [-0.25, -0.2) is 0 Å². The van der Waals surface area contributed by atoms with Gasteiger partial charge in [0.25, 0.3) is 0 Å². The van der Waals surface area contributed by atoms with Crippen LogP contribution >= 0.6 is 12.2 Å². The van der Waals surface area contributed by atoms with Gasteiger partial charge in [0.2, 0.25) is 0 Å². The minimum Gasteiger partial charge on any atom is -0.344 e. The van der Waals surface area contributed by atoms with E-state index in [1.54, 1.807) is 6.34 Å². The first-order valence-corrected chi connectivity index (χ1v) is 6.17. The van der Waals surface area contributed by atoms with Crippen molar-refractivity contribution in [2.45, 2.75) is 32.4 Å². The summed E-state index contributed by atoms with van der Waals surface area (Å²) in [4.78, 5) is 5.13. The first kappa shape index (κ1) is 10.5. The molecule has 1 N–H and O–H groups in total. The molecule has 0 radical (unpaired) electrons. The zero-order valence-electron chi connectivity index (χ0n) is 9.36. The van der Waals surface area contributed by atoms with Gasteiger partial charge in [-0.15, -0.1) is 0 Å². The number of hydrogen-bond donors (Lipinski definition) is 1. The highest BCUT2D eigenvalue weighted by molar-refractivity contribution is 7.80. The molecule has 2 aliphatic rings. The first-order valence-electron chi connectivity index (χ1n) is 5.76. The summed E-state index contributed by atoms with van der Waals surface area (Å²) in [7, 11) is 0. The number of nitrogens with one attached hydrogen (secondary N) is 1. The van der Waals surface area contributed by atoms with Crippen LogP contribution in [0.2, 0.25) is 0 Å². The van der Waals surface area contributed by atoms with Crippen molar-refractivity contribution in [2.24, 2.45) is 4.99 Å². The summed E-state index contributed by atoms with van der Waals surface area (Å²) in [6.07, 6.45) is 4.79. The lowest BCUT2D eigenvalue weighted by Gasteiger charge is -2.12. The number of thiocarbonyl (C=S) groups is 1. The molecule has 0 bridgehead atoms. The summed E-state index contributed by atoms with van der Waals surface area (Å²) < 4.78 is 2.19. The van der Waals surface area contributed by atoms with Gasteiger partial charge >= 0.3 is 0 Å².